The summed E-state index contributed by atoms with van der Waals surface area (Å²) in [5, 5.41) is 4.70. The van der Waals surface area contributed by atoms with Crippen molar-refractivity contribution in [1.29, 1.82) is 0 Å². The van der Waals surface area contributed by atoms with Crippen LogP contribution in [0.3, 0.4) is 0 Å². The summed E-state index contributed by atoms with van der Waals surface area (Å²) < 4.78 is 0. The second kappa shape index (κ2) is 7.52. The molecule has 2 heterocycles. The zero-order valence-electron chi connectivity index (χ0n) is 18.4. The first-order valence-electron chi connectivity index (χ1n) is 10.9. The van der Waals surface area contributed by atoms with Gasteiger partial charge >= 0.3 is 6.03 Å². The van der Waals surface area contributed by atoms with Crippen molar-refractivity contribution in [1.82, 2.24) is 20.1 Å². The molecule has 1 saturated heterocycles. The van der Waals surface area contributed by atoms with Gasteiger partial charge in [0.15, 0.2) is 0 Å². The summed E-state index contributed by atoms with van der Waals surface area (Å²) in [6, 6.07) is 5.29. The van der Waals surface area contributed by atoms with Gasteiger partial charge in [-0.1, -0.05) is 18.2 Å². The number of likely N-dealkylation sites (N-methyl/N-ethyl adjacent to an activating group) is 1. The number of nitrogens with one attached hydrogen (secondary N) is 2. The highest BCUT2D eigenvalue weighted by Gasteiger charge is 2.40. The Morgan fingerprint density at radius 3 is 2.72 bits per heavy atom. The number of rotatable bonds is 4. The molecule has 1 aromatic heterocycles. The third-order valence-electron chi connectivity index (χ3n) is 7.01. The average molecular weight is 395 g/mol. The smallest absolute Gasteiger partial charge is 0.317 e. The van der Waals surface area contributed by atoms with Crippen molar-refractivity contribution in [3.8, 4) is 0 Å². The minimum Gasteiger partial charge on any atom is -0.358 e. The van der Waals surface area contributed by atoms with Gasteiger partial charge in [0.05, 0.1) is 0 Å². The maximum Gasteiger partial charge on any atom is 0.317 e. The molecule has 0 spiro atoms. The number of urea groups is 1. The summed E-state index contributed by atoms with van der Waals surface area (Å²) in [4.78, 5) is 20.6. The van der Waals surface area contributed by atoms with Gasteiger partial charge in [-0.2, -0.15) is 0 Å². The minimum absolute atomic E-state index is 0.0571. The molecule has 3 atom stereocenters. The van der Waals surface area contributed by atoms with Crippen LogP contribution in [0.4, 0.5) is 4.79 Å². The molecular weight excluding hydrogens is 360 g/mol. The van der Waals surface area contributed by atoms with E-state index >= 15 is 0 Å². The number of carbonyl (C=O) groups is 1. The quantitative estimate of drug-likeness (QED) is 0.813. The number of aromatic amines is 1. The molecule has 0 radical (unpaired) electrons. The Kier molecular flexibility index (Phi) is 5.19. The van der Waals surface area contributed by atoms with Gasteiger partial charge in [0, 0.05) is 54.2 Å². The molecule has 29 heavy (non-hydrogen) atoms. The molecule has 1 aliphatic heterocycles. The number of hydrogen-bond acceptors (Lipinski definition) is 2. The summed E-state index contributed by atoms with van der Waals surface area (Å²) in [6.07, 6.45) is 2.06. The van der Waals surface area contributed by atoms with E-state index in [1.807, 2.05) is 18.7 Å². The topological polar surface area (TPSA) is 51.4 Å². The number of amides is 2. The number of nitrogens with zero attached hydrogens (tertiary/aromatic N) is 2. The number of piperidine rings is 1. The average Bonchev–Trinajstić information content (AvgIpc) is 2.99. The molecule has 5 nitrogen and oxygen atoms in total. The lowest BCUT2D eigenvalue weighted by atomic mass is 9.73. The first-order chi connectivity index (χ1) is 13.8. The first-order valence-corrected chi connectivity index (χ1v) is 10.9. The number of carbonyl (C=O) groups excluding carboxylic acids is 1. The number of hydrogen-bond donors (Lipinski definition) is 2. The number of fused-ring (bicyclic) bond motifs is 2. The highest BCUT2D eigenvalue weighted by Crippen LogP contribution is 2.45. The molecule has 156 valence electrons. The summed E-state index contributed by atoms with van der Waals surface area (Å²) >= 11 is 0. The van der Waals surface area contributed by atoms with Crippen molar-refractivity contribution < 1.29 is 4.79 Å². The third-order valence-corrected chi connectivity index (χ3v) is 7.01. The molecule has 2 N–H and O–H groups in total. The van der Waals surface area contributed by atoms with Crippen LogP contribution in [0.1, 0.15) is 55.5 Å². The molecule has 1 fully saturated rings. The normalized spacial score (nSPS) is 23.7. The molecular formula is C24H34N4O. The standard InChI is InChI=1S/C24H34N4O/c1-7-28(8-2)24(29)26-17-11-19-20-9-16(14(3)4)10-21-23(20)18(15(5)25-21)12-22(19)27(6)13-17/h9-10,17,19,22,25H,3,7-8,11-13H2,1-2,4-6H3,(H,26,29)/t17-,19?,22+/m0/s1. The van der Waals surface area contributed by atoms with Crippen LogP contribution in [0.2, 0.25) is 0 Å². The Morgan fingerprint density at radius 1 is 1.34 bits per heavy atom. The number of aryl methyl sites for hydroxylation is 1. The fraction of sp³-hybridized carbons (Fsp3) is 0.542. The predicted molar refractivity (Wildman–Crippen MR) is 120 cm³/mol. The number of likely N-dealkylation sites (tertiary alicyclic amines) is 1. The number of allylic oxidation sites excluding steroid dienone is 1. The molecule has 1 aromatic carbocycles. The van der Waals surface area contributed by atoms with Gasteiger partial charge in [0.2, 0.25) is 0 Å². The molecule has 1 aliphatic carbocycles. The van der Waals surface area contributed by atoms with Crippen molar-refractivity contribution in [3.63, 3.8) is 0 Å². The van der Waals surface area contributed by atoms with E-state index in [2.05, 4.69) is 54.8 Å². The predicted octanol–water partition coefficient (Wildman–Crippen LogP) is 4.27. The van der Waals surface area contributed by atoms with E-state index in [-0.39, 0.29) is 12.1 Å². The van der Waals surface area contributed by atoms with E-state index in [4.69, 9.17) is 0 Å². The van der Waals surface area contributed by atoms with Gasteiger partial charge in [0.1, 0.15) is 0 Å². The SMILES string of the molecule is C=C(C)c1cc2c3c(c(C)[nH]c3c1)C[C@@H]1C2C[C@H](NC(=O)N(CC)CC)CN1C. The molecule has 2 amide bonds. The second-order valence-corrected chi connectivity index (χ2v) is 8.87. The minimum atomic E-state index is 0.0571. The zero-order valence-corrected chi connectivity index (χ0v) is 18.4. The third kappa shape index (κ3) is 3.35. The highest BCUT2D eigenvalue weighted by molar-refractivity contribution is 5.92. The second-order valence-electron chi connectivity index (χ2n) is 8.87. The summed E-state index contributed by atoms with van der Waals surface area (Å²) in [5.41, 5.74) is 7.69. The first kappa shape index (κ1) is 20.0. The van der Waals surface area contributed by atoms with E-state index < -0.39 is 0 Å². The molecule has 4 rings (SSSR count). The number of H-pyrrole nitrogens is 1. The fourth-order valence-electron chi connectivity index (χ4n) is 5.41. The van der Waals surface area contributed by atoms with Crippen LogP contribution in [-0.2, 0) is 6.42 Å². The largest absolute Gasteiger partial charge is 0.358 e. The number of aromatic nitrogens is 1. The lowest BCUT2D eigenvalue weighted by Crippen LogP contribution is -2.56. The maximum atomic E-state index is 12.7. The van der Waals surface area contributed by atoms with E-state index in [0.717, 1.165) is 38.0 Å². The van der Waals surface area contributed by atoms with E-state index in [1.54, 1.807) is 0 Å². The van der Waals surface area contributed by atoms with Crippen molar-refractivity contribution >= 4 is 22.5 Å². The van der Waals surface area contributed by atoms with Gasteiger partial charge < -0.3 is 20.1 Å². The molecule has 0 bridgehead atoms. The van der Waals surface area contributed by atoms with Crippen LogP contribution in [0.15, 0.2) is 18.7 Å². The highest BCUT2D eigenvalue weighted by atomic mass is 16.2. The summed E-state index contributed by atoms with van der Waals surface area (Å²) in [7, 11) is 2.21. The zero-order chi connectivity index (χ0) is 20.9. The van der Waals surface area contributed by atoms with Crippen LogP contribution in [0, 0.1) is 6.92 Å². The Hall–Kier alpha value is -2.27. The molecule has 1 unspecified atom stereocenters. The van der Waals surface area contributed by atoms with Crippen LogP contribution in [0.5, 0.6) is 0 Å². The molecule has 0 saturated carbocycles. The molecule has 2 aliphatic rings. The summed E-state index contributed by atoms with van der Waals surface area (Å²) in [5.74, 6) is 0.417. The monoisotopic (exact) mass is 394 g/mol. The van der Waals surface area contributed by atoms with Gasteiger partial charge in [-0.3, -0.25) is 0 Å². The Bertz CT molecular complexity index is 955. The van der Waals surface area contributed by atoms with E-state index in [1.165, 1.54) is 33.3 Å². The fourth-order valence-corrected chi connectivity index (χ4v) is 5.41. The Labute approximate surface area is 174 Å². The van der Waals surface area contributed by atoms with Crippen molar-refractivity contribution in [2.45, 2.75) is 58.5 Å². The van der Waals surface area contributed by atoms with Crippen LogP contribution in [0.25, 0.3) is 16.5 Å². The van der Waals surface area contributed by atoms with Crippen molar-refractivity contribution in [3.05, 3.63) is 41.1 Å². The lowest BCUT2D eigenvalue weighted by Gasteiger charge is -2.46. The van der Waals surface area contributed by atoms with Crippen molar-refractivity contribution in [2.75, 3.05) is 26.7 Å². The molecule has 2 aromatic rings. The molecule has 5 heteroatoms. The van der Waals surface area contributed by atoms with Gasteiger partial charge in [0.25, 0.3) is 0 Å². The van der Waals surface area contributed by atoms with E-state index in [0.29, 0.717) is 12.0 Å². The van der Waals surface area contributed by atoms with Crippen LogP contribution < -0.4 is 5.32 Å². The van der Waals surface area contributed by atoms with Crippen LogP contribution >= 0.6 is 0 Å². The van der Waals surface area contributed by atoms with Gasteiger partial charge in [-0.15, -0.1) is 0 Å². The lowest BCUT2D eigenvalue weighted by molar-refractivity contribution is 0.124. The van der Waals surface area contributed by atoms with Gasteiger partial charge in [-0.05, 0) is 70.3 Å². The summed E-state index contributed by atoms with van der Waals surface area (Å²) in [6.45, 7) is 14.9. The van der Waals surface area contributed by atoms with E-state index in [9.17, 15) is 4.79 Å². The van der Waals surface area contributed by atoms with Crippen LogP contribution in [-0.4, -0.2) is 59.6 Å². The number of benzene rings is 1. The Morgan fingerprint density at radius 2 is 2.07 bits per heavy atom. The van der Waals surface area contributed by atoms with Crippen molar-refractivity contribution in [2.24, 2.45) is 0 Å². The van der Waals surface area contributed by atoms with Gasteiger partial charge in [-0.25, -0.2) is 4.79 Å². The Balaban J connectivity index is 1.71. The maximum absolute atomic E-state index is 12.7.